The van der Waals surface area contributed by atoms with Crippen molar-refractivity contribution in [3.63, 3.8) is 0 Å². The van der Waals surface area contributed by atoms with E-state index in [-0.39, 0.29) is 0 Å². The lowest BCUT2D eigenvalue weighted by atomic mass is 10.2. The molecule has 23 heavy (non-hydrogen) atoms. The molecule has 2 rings (SSSR count). The van der Waals surface area contributed by atoms with Crippen molar-refractivity contribution in [2.24, 2.45) is 0 Å². The first-order chi connectivity index (χ1) is 10.8. The maximum Gasteiger partial charge on any atom is 0.408 e. The molecule has 1 N–H and O–H groups in total. The van der Waals surface area contributed by atoms with Gasteiger partial charge in [-0.3, -0.25) is 0 Å². The zero-order chi connectivity index (χ0) is 16.9. The molecule has 1 atom stereocenters. The zero-order valence-corrected chi connectivity index (χ0v) is 14.5. The van der Waals surface area contributed by atoms with Crippen LogP contribution >= 0.6 is 11.8 Å². The number of carbonyl (C=O) groups excluding carboxylic acids is 1. The van der Waals surface area contributed by atoms with Crippen LogP contribution in [0.5, 0.6) is 0 Å². The van der Waals surface area contributed by atoms with E-state index in [9.17, 15) is 4.79 Å². The molecule has 0 saturated heterocycles. The Kier molecular flexibility index (Phi) is 5.65. The summed E-state index contributed by atoms with van der Waals surface area (Å²) in [5, 5.41) is 11.1. The number of hydrogen-bond donors (Lipinski definition) is 1. The topological polar surface area (TPSA) is 77.2 Å². The minimum atomic E-state index is -0.546. The highest BCUT2D eigenvalue weighted by atomic mass is 32.2. The van der Waals surface area contributed by atoms with Gasteiger partial charge in [-0.15, -0.1) is 10.2 Å². The van der Waals surface area contributed by atoms with Crippen molar-refractivity contribution in [1.82, 2.24) is 15.5 Å². The first-order valence-electron chi connectivity index (χ1n) is 7.33. The predicted octanol–water partition coefficient (Wildman–Crippen LogP) is 3.95. The fraction of sp³-hybridized carbons (Fsp3) is 0.438. The third kappa shape index (κ3) is 5.94. The standard InChI is InChI=1S/C16H21N3O3S/c1-11(17-14(20)22-16(2,3)4)13-18-19-15(21-13)23-10-12-8-6-5-7-9-12/h5-9,11H,10H2,1-4H3,(H,17,20). The summed E-state index contributed by atoms with van der Waals surface area (Å²) in [7, 11) is 0. The van der Waals surface area contributed by atoms with Crippen molar-refractivity contribution in [3.05, 3.63) is 41.8 Å². The average Bonchev–Trinajstić information content (AvgIpc) is 2.93. The number of amides is 1. The van der Waals surface area contributed by atoms with E-state index in [0.29, 0.717) is 11.1 Å². The van der Waals surface area contributed by atoms with Gasteiger partial charge in [0.15, 0.2) is 0 Å². The molecule has 124 valence electrons. The Morgan fingerprint density at radius 3 is 2.65 bits per heavy atom. The van der Waals surface area contributed by atoms with Crippen LogP contribution in [-0.4, -0.2) is 21.9 Å². The van der Waals surface area contributed by atoms with E-state index in [1.165, 1.54) is 17.3 Å². The van der Waals surface area contributed by atoms with Crippen LogP contribution in [0.3, 0.4) is 0 Å². The van der Waals surface area contributed by atoms with Gasteiger partial charge >= 0.3 is 6.09 Å². The first-order valence-corrected chi connectivity index (χ1v) is 8.32. The molecule has 1 amide bonds. The highest BCUT2D eigenvalue weighted by molar-refractivity contribution is 7.98. The lowest BCUT2D eigenvalue weighted by molar-refractivity contribution is 0.0500. The largest absolute Gasteiger partial charge is 0.444 e. The van der Waals surface area contributed by atoms with Gasteiger partial charge in [-0.2, -0.15) is 0 Å². The predicted molar refractivity (Wildman–Crippen MR) is 88.1 cm³/mol. The molecule has 2 aromatic rings. The number of rotatable bonds is 5. The fourth-order valence-corrected chi connectivity index (χ4v) is 2.44. The second-order valence-electron chi connectivity index (χ2n) is 6.05. The summed E-state index contributed by atoms with van der Waals surface area (Å²) in [6, 6.07) is 9.62. The molecule has 7 heteroatoms. The number of ether oxygens (including phenoxy) is 1. The zero-order valence-electron chi connectivity index (χ0n) is 13.7. The van der Waals surface area contributed by atoms with Crippen LogP contribution in [0.15, 0.2) is 40.0 Å². The lowest BCUT2D eigenvalue weighted by Crippen LogP contribution is -2.34. The second-order valence-corrected chi connectivity index (χ2v) is 6.97. The lowest BCUT2D eigenvalue weighted by Gasteiger charge is -2.20. The number of hydrogen-bond acceptors (Lipinski definition) is 6. The van der Waals surface area contributed by atoms with Gasteiger partial charge in [0, 0.05) is 5.75 Å². The Bertz CT molecular complexity index is 638. The number of nitrogens with zero attached hydrogens (tertiary/aromatic N) is 2. The molecular formula is C16H21N3O3S. The molecule has 6 nitrogen and oxygen atoms in total. The third-order valence-corrected chi connectivity index (χ3v) is 3.62. The molecule has 0 bridgehead atoms. The molecule has 0 aliphatic rings. The monoisotopic (exact) mass is 335 g/mol. The molecule has 0 fully saturated rings. The van der Waals surface area contributed by atoms with Crippen molar-refractivity contribution in [2.45, 2.75) is 50.3 Å². The Labute approximate surface area is 140 Å². The van der Waals surface area contributed by atoms with Gasteiger partial charge in [0.2, 0.25) is 5.89 Å². The summed E-state index contributed by atoms with van der Waals surface area (Å²) < 4.78 is 10.8. The Hall–Kier alpha value is -2.02. The van der Waals surface area contributed by atoms with E-state index >= 15 is 0 Å². The van der Waals surface area contributed by atoms with Crippen molar-refractivity contribution >= 4 is 17.9 Å². The summed E-state index contributed by atoms with van der Waals surface area (Å²) in [5.74, 6) is 1.10. The van der Waals surface area contributed by atoms with Gasteiger partial charge in [0.25, 0.3) is 5.22 Å². The number of thioether (sulfide) groups is 1. The number of carbonyl (C=O) groups is 1. The second kappa shape index (κ2) is 7.50. The average molecular weight is 335 g/mol. The fourth-order valence-electron chi connectivity index (χ4n) is 1.72. The molecule has 1 aromatic heterocycles. The van der Waals surface area contributed by atoms with Gasteiger partial charge in [0.1, 0.15) is 11.6 Å². The van der Waals surface area contributed by atoms with E-state index in [2.05, 4.69) is 15.5 Å². The number of aromatic nitrogens is 2. The van der Waals surface area contributed by atoms with E-state index < -0.39 is 17.7 Å². The van der Waals surface area contributed by atoms with Crippen LogP contribution in [-0.2, 0) is 10.5 Å². The van der Waals surface area contributed by atoms with E-state index in [1.54, 1.807) is 6.92 Å². The Morgan fingerprint density at radius 1 is 1.30 bits per heavy atom. The molecule has 0 spiro atoms. The Morgan fingerprint density at radius 2 is 2.00 bits per heavy atom. The summed E-state index contributed by atoms with van der Waals surface area (Å²) >= 11 is 1.46. The van der Waals surface area contributed by atoms with E-state index in [1.807, 2.05) is 51.1 Å². The maximum absolute atomic E-state index is 11.7. The molecular weight excluding hydrogens is 314 g/mol. The van der Waals surface area contributed by atoms with Crippen molar-refractivity contribution in [2.75, 3.05) is 0 Å². The van der Waals surface area contributed by atoms with Gasteiger partial charge in [-0.25, -0.2) is 4.79 Å². The molecule has 0 aliphatic carbocycles. The van der Waals surface area contributed by atoms with Crippen LogP contribution in [0.25, 0.3) is 0 Å². The van der Waals surface area contributed by atoms with Crippen molar-refractivity contribution in [1.29, 1.82) is 0 Å². The normalized spacial score (nSPS) is 12.7. The molecule has 0 radical (unpaired) electrons. The minimum Gasteiger partial charge on any atom is -0.444 e. The van der Waals surface area contributed by atoms with Crippen LogP contribution in [0.1, 0.15) is 45.2 Å². The molecule has 0 saturated carbocycles. The van der Waals surface area contributed by atoms with Gasteiger partial charge < -0.3 is 14.5 Å². The Balaban J connectivity index is 1.87. The van der Waals surface area contributed by atoms with E-state index in [0.717, 1.165) is 5.75 Å². The van der Waals surface area contributed by atoms with Gasteiger partial charge in [0.05, 0.1) is 0 Å². The molecule has 1 heterocycles. The minimum absolute atomic E-state index is 0.353. The molecule has 1 unspecified atom stereocenters. The number of benzene rings is 1. The first kappa shape index (κ1) is 17.3. The SMILES string of the molecule is CC(NC(=O)OC(C)(C)C)c1nnc(SCc2ccccc2)o1. The summed E-state index contributed by atoms with van der Waals surface area (Å²) in [4.78, 5) is 11.7. The summed E-state index contributed by atoms with van der Waals surface area (Å²) in [6.07, 6.45) is -0.512. The highest BCUT2D eigenvalue weighted by Gasteiger charge is 2.21. The highest BCUT2D eigenvalue weighted by Crippen LogP contribution is 2.23. The van der Waals surface area contributed by atoms with Crippen LogP contribution in [0.2, 0.25) is 0 Å². The number of alkyl carbamates (subject to hydrolysis) is 1. The van der Waals surface area contributed by atoms with Crippen molar-refractivity contribution in [3.8, 4) is 0 Å². The van der Waals surface area contributed by atoms with Gasteiger partial charge in [-0.05, 0) is 33.3 Å². The maximum atomic E-state index is 11.7. The van der Waals surface area contributed by atoms with E-state index in [4.69, 9.17) is 9.15 Å². The third-order valence-electron chi connectivity index (χ3n) is 2.73. The quantitative estimate of drug-likeness (QED) is 0.834. The molecule has 1 aromatic carbocycles. The summed E-state index contributed by atoms with van der Waals surface area (Å²) in [6.45, 7) is 7.19. The smallest absolute Gasteiger partial charge is 0.408 e. The van der Waals surface area contributed by atoms with Gasteiger partial charge in [-0.1, -0.05) is 42.1 Å². The van der Waals surface area contributed by atoms with Crippen LogP contribution in [0.4, 0.5) is 4.79 Å². The van der Waals surface area contributed by atoms with Crippen LogP contribution in [0, 0.1) is 0 Å². The molecule has 0 aliphatic heterocycles. The van der Waals surface area contributed by atoms with Crippen molar-refractivity contribution < 1.29 is 13.9 Å². The summed E-state index contributed by atoms with van der Waals surface area (Å²) in [5.41, 5.74) is 0.632. The number of nitrogens with one attached hydrogen (secondary N) is 1. The van der Waals surface area contributed by atoms with Crippen LogP contribution < -0.4 is 5.32 Å².